The zero-order valence-electron chi connectivity index (χ0n) is 11.8. The van der Waals surface area contributed by atoms with Gasteiger partial charge < -0.3 is 15.7 Å². The predicted octanol–water partition coefficient (Wildman–Crippen LogP) is 1.74. The van der Waals surface area contributed by atoms with Gasteiger partial charge in [0.25, 0.3) is 0 Å². The van der Waals surface area contributed by atoms with Crippen LogP contribution in [0.4, 0.5) is 4.79 Å². The highest BCUT2D eigenvalue weighted by Crippen LogP contribution is 2.60. The first-order chi connectivity index (χ1) is 10.2. The third-order valence-corrected chi connectivity index (χ3v) is 4.55. The maximum atomic E-state index is 11.6. The van der Waals surface area contributed by atoms with Gasteiger partial charge in [0.2, 0.25) is 0 Å². The summed E-state index contributed by atoms with van der Waals surface area (Å²) < 4.78 is 0. The van der Waals surface area contributed by atoms with E-state index in [1.54, 1.807) is 0 Å². The number of carbonyl (C=O) groups is 2. The lowest BCUT2D eigenvalue weighted by Crippen LogP contribution is -2.37. The predicted molar refractivity (Wildman–Crippen MR) is 78.1 cm³/mol. The van der Waals surface area contributed by atoms with Crippen molar-refractivity contribution in [2.45, 2.75) is 25.2 Å². The minimum atomic E-state index is -0.832. The second kappa shape index (κ2) is 5.76. The third kappa shape index (κ3) is 3.01. The molecule has 0 aliphatic heterocycles. The van der Waals surface area contributed by atoms with Crippen molar-refractivity contribution in [2.24, 2.45) is 11.8 Å². The van der Waals surface area contributed by atoms with Crippen LogP contribution >= 0.6 is 0 Å². The van der Waals surface area contributed by atoms with Gasteiger partial charge >= 0.3 is 12.0 Å². The van der Waals surface area contributed by atoms with Crippen LogP contribution in [0.1, 0.15) is 29.9 Å². The van der Waals surface area contributed by atoms with Crippen LogP contribution in [0.5, 0.6) is 0 Å². The first kappa shape index (κ1) is 13.9. The smallest absolute Gasteiger partial charge is 0.314 e. The lowest BCUT2D eigenvalue weighted by molar-refractivity contribution is -0.137. The fraction of sp³-hybridized carbons (Fsp3) is 0.500. The lowest BCUT2D eigenvalue weighted by Gasteiger charge is -2.09. The molecular weight excluding hydrogens is 268 g/mol. The molecule has 0 bridgehead atoms. The van der Waals surface area contributed by atoms with Gasteiger partial charge in [0.1, 0.15) is 0 Å². The molecule has 5 heteroatoms. The fourth-order valence-electron chi connectivity index (χ4n) is 3.48. The Kier molecular flexibility index (Phi) is 3.82. The van der Waals surface area contributed by atoms with Crippen molar-refractivity contribution < 1.29 is 14.7 Å². The van der Waals surface area contributed by atoms with E-state index in [1.807, 2.05) is 0 Å². The molecular formula is C16H20N2O3. The standard InChI is InChI=1S/C16H20N2O3/c19-14(20)6-3-7-17-16(21)18-9-13-12-8-10-4-1-2-5-11(10)15(12)13/h1-2,4-5,12-13,15H,3,6-9H2,(H,19,20)(H2,17,18,21). The van der Waals surface area contributed by atoms with Crippen LogP contribution in [0.15, 0.2) is 24.3 Å². The van der Waals surface area contributed by atoms with Crippen molar-refractivity contribution in [3.63, 3.8) is 0 Å². The molecule has 0 spiro atoms. The van der Waals surface area contributed by atoms with E-state index in [0.717, 1.165) is 6.42 Å². The number of benzene rings is 1. The van der Waals surface area contributed by atoms with Crippen LogP contribution in [0.3, 0.4) is 0 Å². The molecule has 3 unspecified atom stereocenters. The van der Waals surface area contributed by atoms with Crippen LogP contribution < -0.4 is 10.6 Å². The molecule has 0 radical (unpaired) electrons. The van der Waals surface area contributed by atoms with Crippen LogP contribution in [-0.2, 0) is 11.2 Å². The summed E-state index contributed by atoms with van der Waals surface area (Å²) >= 11 is 0. The Morgan fingerprint density at radius 1 is 1.24 bits per heavy atom. The molecule has 0 saturated heterocycles. The Hall–Kier alpha value is -2.04. The number of carbonyl (C=O) groups excluding carboxylic acids is 1. The van der Waals surface area contributed by atoms with Crippen molar-refractivity contribution in [3.8, 4) is 0 Å². The van der Waals surface area contributed by atoms with Crippen LogP contribution in [0.2, 0.25) is 0 Å². The number of carboxylic acid groups (broad SMARTS) is 1. The maximum Gasteiger partial charge on any atom is 0.314 e. The molecule has 3 atom stereocenters. The van der Waals surface area contributed by atoms with Crippen LogP contribution in [0, 0.1) is 11.8 Å². The van der Waals surface area contributed by atoms with E-state index in [9.17, 15) is 9.59 Å². The SMILES string of the molecule is O=C(O)CCCNC(=O)NCC1C2Cc3ccccc3C12. The van der Waals surface area contributed by atoms with E-state index in [-0.39, 0.29) is 12.5 Å². The average Bonchev–Trinajstić information content (AvgIpc) is 3.00. The van der Waals surface area contributed by atoms with Crippen molar-refractivity contribution in [2.75, 3.05) is 13.1 Å². The summed E-state index contributed by atoms with van der Waals surface area (Å²) in [7, 11) is 0. The molecule has 3 rings (SSSR count). The molecule has 2 amide bonds. The highest BCUT2D eigenvalue weighted by Gasteiger charge is 2.54. The van der Waals surface area contributed by atoms with Gasteiger partial charge in [-0.25, -0.2) is 4.79 Å². The van der Waals surface area contributed by atoms with Crippen LogP contribution in [0.25, 0.3) is 0 Å². The highest BCUT2D eigenvalue weighted by molar-refractivity contribution is 5.74. The van der Waals surface area contributed by atoms with Gasteiger partial charge in [0, 0.05) is 19.5 Å². The van der Waals surface area contributed by atoms with Gasteiger partial charge in [-0.05, 0) is 41.7 Å². The molecule has 0 heterocycles. The highest BCUT2D eigenvalue weighted by atomic mass is 16.4. The van der Waals surface area contributed by atoms with E-state index in [0.29, 0.717) is 37.3 Å². The van der Waals surface area contributed by atoms with Crippen molar-refractivity contribution in [3.05, 3.63) is 35.4 Å². The van der Waals surface area contributed by atoms with Gasteiger partial charge in [-0.2, -0.15) is 0 Å². The monoisotopic (exact) mass is 288 g/mol. The molecule has 5 nitrogen and oxygen atoms in total. The number of hydrogen-bond acceptors (Lipinski definition) is 2. The number of hydrogen-bond donors (Lipinski definition) is 3. The second-order valence-electron chi connectivity index (χ2n) is 5.89. The van der Waals surface area contributed by atoms with Gasteiger partial charge in [-0.3, -0.25) is 4.79 Å². The van der Waals surface area contributed by atoms with Gasteiger partial charge in [-0.15, -0.1) is 0 Å². The molecule has 21 heavy (non-hydrogen) atoms. The van der Waals surface area contributed by atoms with E-state index in [1.165, 1.54) is 11.1 Å². The number of fused-ring (bicyclic) bond motifs is 3. The minimum absolute atomic E-state index is 0.0871. The third-order valence-electron chi connectivity index (χ3n) is 4.55. The topological polar surface area (TPSA) is 78.4 Å². The van der Waals surface area contributed by atoms with E-state index < -0.39 is 5.97 Å². The van der Waals surface area contributed by atoms with Crippen LogP contribution in [-0.4, -0.2) is 30.2 Å². The number of nitrogens with one attached hydrogen (secondary N) is 2. The molecule has 2 aliphatic rings. The largest absolute Gasteiger partial charge is 0.481 e. The first-order valence-corrected chi connectivity index (χ1v) is 7.48. The van der Waals surface area contributed by atoms with E-state index in [2.05, 4.69) is 34.9 Å². The van der Waals surface area contributed by atoms with E-state index >= 15 is 0 Å². The molecule has 1 fully saturated rings. The Morgan fingerprint density at radius 3 is 2.86 bits per heavy atom. The number of amides is 2. The normalized spacial score (nSPS) is 24.9. The Balaban J connectivity index is 1.37. The quantitative estimate of drug-likeness (QED) is 0.698. The number of aliphatic carboxylic acids is 1. The summed E-state index contributed by atoms with van der Waals surface area (Å²) in [4.78, 5) is 22.0. The average molecular weight is 288 g/mol. The molecule has 112 valence electrons. The molecule has 3 N–H and O–H groups in total. The first-order valence-electron chi connectivity index (χ1n) is 7.48. The van der Waals surface area contributed by atoms with Crippen molar-refractivity contribution in [1.82, 2.24) is 10.6 Å². The Morgan fingerprint density at radius 2 is 2.05 bits per heavy atom. The number of carboxylic acids is 1. The maximum absolute atomic E-state index is 11.6. The fourth-order valence-corrected chi connectivity index (χ4v) is 3.48. The summed E-state index contributed by atoms with van der Waals surface area (Å²) in [5, 5.41) is 14.1. The van der Waals surface area contributed by atoms with Gasteiger partial charge in [0.05, 0.1) is 0 Å². The van der Waals surface area contributed by atoms with Gasteiger partial charge in [0.15, 0.2) is 0 Å². The van der Waals surface area contributed by atoms with Crippen molar-refractivity contribution in [1.29, 1.82) is 0 Å². The second-order valence-corrected chi connectivity index (χ2v) is 5.89. The van der Waals surface area contributed by atoms with E-state index in [4.69, 9.17) is 5.11 Å². The van der Waals surface area contributed by atoms with Gasteiger partial charge in [-0.1, -0.05) is 24.3 Å². The summed E-state index contributed by atoms with van der Waals surface area (Å²) in [6.07, 6.45) is 1.68. The lowest BCUT2D eigenvalue weighted by atomic mass is 10.0. The summed E-state index contributed by atoms with van der Waals surface area (Å²) in [6.45, 7) is 1.10. The molecule has 1 aromatic rings. The zero-order valence-corrected chi connectivity index (χ0v) is 11.8. The summed E-state index contributed by atoms with van der Waals surface area (Å²) in [6, 6.07) is 8.37. The van der Waals surface area contributed by atoms with Crippen molar-refractivity contribution >= 4 is 12.0 Å². The molecule has 2 aliphatic carbocycles. The minimum Gasteiger partial charge on any atom is -0.481 e. The molecule has 0 aromatic heterocycles. The molecule has 1 aromatic carbocycles. The Bertz CT molecular complexity index is 558. The summed E-state index contributed by atoms with van der Waals surface area (Å²) in [5.41, 5.74) is 2.91. The zero-order chi connectivity index (χ0) is 14.8. The Labute approximate surface area is 123 Å². The molecule has 1 saturated carbocycles. The number of rotatable bonds is 6. The summed E-state index contributed by atoms with van der Waals surface area (Å²) in [5.74, 6) is 1.04. The number of urea groups is 1.